The summed E-state index contributed by atoms with van der Waals surface area (Å²) in [5, 5.41) is 41.3. The predicted octanol–water partition coefficient (Wildman–Crippen LogP) is -2.65. The summed E-state index contributed by atoms with van der Waals surface area (Å²) in [6, 6.07) is 2.81. The van der Waals surface area contributed by atoms with E-state index in [1.807, 2.05) is 0 Å². The van der Waals surface area contributed by atoms with Crippen molar-refractivity contribution in [2.24, 2.45) is 5.73 Å². The van der Waals surface area contributed by atoms with Crippen molar-refractivity contribution in [2.45, 2.75) is 49.1 Å². The molecule has 45 heavy (non-hydrogen) atoms. The van der Waals surface area contributed by atoms with Crippen molar-refractivity contribution in [3.05, 3.63) is 52.1 Å². The lowest BCUT2D eigenvalue weighted by molar-refractivity contribution is -0.765. The number of primary amides is 1. The van der Waals surface area contributed by atoms with Gasteiger partial charge in [-0.25, -0.2) is 19.1 Å². The summed E-state index contributed by atoms with van der Waals surface area (Å²) in [6.45, 7) is -1.89. The highest BCUT2D eigenvalue weighted by atomic mass is 35.5. The lowest BCUT2D eigenvalue weighted by Gasteiger charge is -2.20. The molecule has 10 atom stereocenters. The number of amides is 1. The fourth-order valence-electron chi connectivity index (χ4n) is 4.62. The Morgan fingerprint density at radius 3 is 2.33 bits per heavy atom. The van der Waals surface area contributed by atoms with E-state index in [9.17, 15) is 48.9 Å². The topological polar surface area (TPSA) is 312 Å². The third-order valence-corrected chi connectivity index (χ3v) is 9.65. The molecule has 2 saturated heterocycles. The molecule has 9 N–H and O–H groups in total. The van der Waals surface area contributed by atoms with Gasteiger partial charge >= 0.3 is 15.6 Å². The average molecular weight is 700 g/mol. The molecule has 0 radical (unpaired) electrons. The number of rotatable bonds is 11. The van der Waals surface area contributed by atoms with Crippen LogP contribution in [0.1, 0.15) is 22.8 Å². The first-order valence-electron chi connectivity index (χ1n) is 12.7. The van der Waals surface area contributed by atoms with Crippen molar-refractivity contribution >= 4 is 44.3 Å². The number of pyridine rings is 1. The number of aromatic nitrogens is 5. The number of hydrogen-bond donors (Lipinski definition) is 8. The van der Waals surface area contributed by atoms with Gasteiger partial charge in [-0.2, -0.15) is 8.88 Å². The number of H-pyrrole nitrogens is 1. The summed E-state index contributed by atoms with van der Waals surface area (Å²) in [5.74, 6) is -0.775. The Balaban J connectivity index is 1.17. The molecule has 1 amide bonds. The second-order valence-corrected chi connectivity index (χ2v) is 13.1. The number of halogens is 1. The van der Waals surface area contributed by atoms with Crippen LogP contribution in [0.3, 0.4) is 0 Å². The second kappa shape index (κ2) is 12.8. The quantitative estimate of drug-likeness (QED) is 0.0575. The zero-order valence-corrected chi connectivity index (χ0v) is 25.0. The highest BCUT2D eigenvalue weighted by Crippen LogP contribution is 2.60. The number of nitrogens with two attached hydrogens (primary N) is 1. The van der Waals surface area contributed by atoms with Crippen LogP contribution in [0.5, 0.6) is 0 Å². The molecular formula is C21H26ClN6O15P2+. The molecule has 0 spiro atoms. The van der Waals surface area contributed by atoms with Crippen molar-refractivity contribution in [1.82, 2.24) is 19.5 Å². The number of ether oxygens (including phenoxy) is 2. The average Bonchev–Trinajstić information content (AvgIpc) is 3.56. The molecule has 0 saturated carbocycles. The monoisotopic (exact) mass is 699 g/mol. The maximum Gasteiger partial charge on any atom is 0.481 e. The van der Waals surface area contributed by atoms with Crippen molar-refractivity contribution in [3.63, 3.8) is 0 Å². The Kier molecular flexibility index (Phi) is 9.58. The van der Waals surface area contributed by atoms with E-state index in [0.29, 0.717) is 0 Å². The van der Waals surface area contributed by atoms with E-state index in [-0.39, 0.29) is 22.0 Å². The molecule has 24 heteroatoms. The van der Waals surface area contributed by atoms with Crippen LogP contribution in [0.4, 0.5) is 0 Å². The Labute approximate surface area is 255 Å². The van der Waals surface area contributed by atoms with Crippen LogP contribution < -0.4 is 15.9 Å². The summed E-state index contributed by atoms with van der Waals surface area (Å²) in [7, 11) is -10.8. The summed E-state index contributed by atoms with van der Waals surface area (Å²) >= 11 is 6.07. The van der Waals surface area contributed by atoms with E-state index in [0.717, 1.165) is 10.9 Å². The molecular weight excluding hydrogens is 674 g/mol. The third-order valence-electron chi connectivity index (χ3n) is 6.78. The Hall–Kier alpha value is -2.72. The van der Waals surface area contributed by atoms with Crippen LogP contribution in [-0.2, 0) is 32.0 Å². The first kappa shape index (κ1) is 33.6. The molecule has 2 fully saturated rings. The van der Waals surface area contributed by atoms with Gasteiger partial charge in [0, 0.05) is 6.07 Å². The van der Waals surface area contributed by atoms with E-state index in [4.69, 9.17) is 26.8 Å². The van der Waals surface area contributed by atoms with Gasteiger partial charge in [0.1, 0.15) is 36.1 Å². The van der Waals surface area contributed by atoms with Gasteiger partial charge in [0.05, 0.1) is 19.5 Å². The summed E-state index contributed by atoms with van der Waals surface area (Å²) in [5.41, 5.74) is 4.34. The van der Waals surface area contributed by atoms with Gasteiger partial charge in [0.2, 0.25) is 5.28 Å². The van der Waals surface area contributed by atoms with Crippen LogP contribution >= 0.6 is 27.2 Å². The molecule has 0 bridgehead atoms. The smallest absolute Gasteiger partial charge is 0.387 e. The Morgan fingerprint density at radius 2 is 1.69 bits per heavy atom. The SMILES string of the molecule is NC(=O)c1ccc[n+]([C@@H]2O[C@H](COP(=O)(O)OP(=O)(O)OC[C@H]3O[C@@H](n4c(Cl)nc5c(=O)[nH]cnc54)[C@H](O)[C@@H]3O)[C@@H](O)[C@H]2O)c1. The number of aromatic amines is 1. The number of fused-ring (bicyclic) bond motifs is 1. The molecule has 2 aliphatic heterocycles. The number of nitrogens with zero attached hydrogens (tertiary/aromatic N) is 4. The van der Waals surface area contributed by atoms with Crippen LogP contribution in [0.15, 0.2) is 35.6 Å². The molecule has 2 unspecified atom stereocenters. The van der Waals surface area contributed by atoms with E-state index < -0.39 is 89.4 Å². The van der Waals surface area contributed by atoms with Crippen molar-refractivity contribution in [1.29, 1.82) is 0 Å². The molecule has 21 nitrogen and oxygen atoms in total. The molecule has 5 heterocycles. The maximum absolute atomic E-state index is 12.4. The van der Waals surface area contributed by atoms with E-state index in [1.54, 1.807) is 0 Å². The number of hydrogen-bond acceptors (Lipinski definition) is 15. The number of phosphoric acid groups is 2. The van der Waals surface area contributed by atoms with Crippen molar-refractivity contribution in [2.75, 3.05) is 13.2 Å². The van der Waals surface area contributed by atoms with Gasteiger partial charge in [0.25, 0.3) is 17.7 Å². The van der Waals surface area contributed by atoms with Gasteiger partial charge in [-0.3, -0.25) is 23.2 Å². The zero-order valence-electron chi connectivity index (χ0n) is 22.4. The highest BCUT2D eigenvalue weighted by molar-refractivity contribution is 7.61. The number of imidazole rings is 1. The normalized spacial score (nSPS) is 31.2. The van der Waals surface area contributed by atoms with E-state index in [1.165, 1.54) is 29.1 Å². The Bertz CT molecular complexity index is 1740. The molecule has 5 rings (SSSR count). The fourth-order valence-corrected chi connectivity index (χ4v) is 6.97. The Morgan fingerprint density at radius 1 is 1.07 bits per heavy atom. The third kappa shape index (κ3) is 7.02. The molecule has 2 aliphatic rings. The number of aliphatic hydroxyl groups excluding tert-OH is 4. The number of aliphatic hydroxyl groups is 4. The number of carbonyl (C=O) groups excluding carboxylic acids is 1. The number of carbonyl (C=O) groups is 1. The molecule has 3 aromatic rings. The molecule has 246 valence electrons. The minimum absolute atomic E-state index is 0.0580. The minimum Gasteiger partial charge on any atom is -0.387 e. The minimum atomic E-state index is -5.43. The van der Waals surface area contributed by atoms with Gasteiger partial charge in [-0.1, -0.05) is 0 Å². The summed E-state index contributed by atoms with van der Waals surface area (Å²) in [6.07, 6.45) is -8.83. The van der Waals surface area contributed by atoms with Crippen LogP contribution in [0, 0.1) is 0 Å². The van der Waals surface area contributed by atoms with Crippen LogP contribution in [-0.4, -0.2) is 105 Å². The fraction of sp³-hybridized carbons (Fsp3) is 0.476. The van der Waals surface area contributed by atoms with Crippen LogP contribution in [0.2, 0.25) is 5.28 Å². The number of nitrogens with one attached hydrogen (secondary N) is 1. The van der Waals surface area contributed by atoms with Gasteiger partial charge in [-0.05, 0) is 17.7 Å². The van der Waals surface area contributed by atoms with Crippen LogP contribution in [0.25, 0.3) is 11.2 Å². The van der Waals surface area contributed by atoms with Crippen molar-refractivity contribution < 1.29 is 71.5 Å². The highest BCUT2D eigenvalue weighted by Gasteiger charge is 2.50. The standard InChI is InChI=1S/C21H25ClN6O15P2/c22-21-26-11-17(24-7-25-18(11)34)28(21)20-15(32)13(30)10(42-20)6-40-45(37,38)43-44(35,36)39-5-9-12(29)14(31)19(41-9)27-3-1-2-8(4-27)16(23)33/h1-4,7,9-10,12-15,19-20,29-32H,5-6H2,(H4-,23,24,25,33,34,35,36,37,38)/p+1/t9-,10-,12-,13-,14-,15-,19-,20-/m1/s1. The zero-order chi connectivity index (χ0) is 32.8. The van der Waals surface area contributed by atoms with E-state index >= 15 is 0 Å². The first-order chi connectivity index (χ1) is 21.1. The molecule has 3 aromatic heterocycles. The van der Waals surface area contributed by atoms with Crippen molar-refractivity contribution in [3.8, 4) is 0 Å². The second-order valence-electron chi connectivity index (χ2n) is 9.76. The maximum atomic E-state index is 12.4. The summed E-state index contributed by atoms with van der Waals surface area (Å²) < 4.78 is 51.7. The molecule has 0 aromatic carbocycles. The lowest BCUT2D eigenvalue weighted by atomic mass is 10.1. The first-order valence-corrected chi connectivity index (χ1v) is 16.1. The van der Waals surface area contributed by atoms with Gasteiger partial charge in [0.15, 0.2) is 35.9 Å². The lowest BCUT2D eigenvalue weighted by Crippen LogP contribution is -2.46. The molecule has 0 aliphatic carbocycles. The largest absolute Gasteiger partial charge is 0.481 e. The van der Waals surface area contributed by atoms with Gasteiger partial charge < -0.3 is 50.4 Å². The number of phosphoric ester groups is 2. The predicted molar refractivity (Wildman–Crippen MR) is 143 cm³/mol. The summed E-state index contributed by atoms with van der Waals surface area (Å²) in [4.78, 5) is 53.5. The van der Waals surface area contributed by atoms with E-state index in [2.05, 4.69) is 28.3 Å². The van der Waals surface area contributed by atoms with Gasteiger partial charge in [-0.15, -0.1) is 0 Å².